The summed E-state index contributed by atoms with van der Waals surface area (Å²) in [6.07, 6.45) is 5.88. The van der Waals surface area contributed by atoms with Crippen molar-refractivity contribution in [1.29, 1.82) is 0 Å². The van der Waals surface area contributed by atoms with Gasteiger partial charge in [0.05, 0.1) is 0 Å². The molecule has 2 atom stereocenters. The molecule has 0 heterocycles. The number of unbranched alkanes of at least 4 members (excludes halogenated alkanes) is 1. The Hall–Kier alpha value is -0.830. The molecule has 94 valence electrons. The summed E-state index contributed by atoms with van der Waals surface area (Å²) in [4.78, 5) is 13.1. The van der Waals surface area contributed by atoms with E-state index >= 15 is 0 Å². The smallest absolute Gasteiger partial charge is 0.223 e. The number of hydrogen-bond acceptors (Lipinski definition) is 2. The summed E-state index contributed by atoms with van der Waals surface area (Å²) in [5.74, 6) is 0.179. The average Bonchev–Trinajstić information content (AvgIpc) is 2.17. The van der Waals surface area contributed by atoms with Crippen molar-refractivity contribution in [3.63, 3.8) is 0 Å². The van der Waals surface area contributed by atoms with Crippen LogP contribution < -0.4 is 5.32 Å². The van der Waals surface area contributed by atoms with Crippen molar-refractivity contribution in [2.45, 2.75) is 51.6 Å². The molecule has 0 rings (SSSR count). The number of nitrogens with one attached hydrogen (secondary N) is 1. The van der Waals surface area contributed by atoms with E-state index in [0.717, 1.165) is 19.3 Å². The second-order valence-corrected chi connectivity index (χ2v) is 4.68. The van der Waals surface area contributed by atoms with E-state index in [1.807, 2.05) is 6.08 Å². The highest BCUT2D eigenvalue weighted by Crippen LogP contribution is 2.03. The first kappa shape index (κ1) is 15.2. The minimum atomic E-state index is 0.179. The third-order valence-electron chi connectivity index (χ3n) is 2.59. The van der Waals surface area contributed by atoms with Crippen LogP contribution in [0.15, 0.2) is 12.7 Å². The largest absolute Gasteiger partial charge is 0.349 e. The minimum absolute atomic E-state index is 0.179. The van der Waals surface area contributed by atoms with Crippen molar-refractivity contribution in [3.05, 3.63) is 12.7 Å². The van der Waals surface area contributed by atoms with E-state index in [1.165, 1.54) is 0 Å². The van der Waals surface area contributed by atoms with Crippen molar-refractivity contribution in [3.8, 4) is 0 Å². The Bertz CT molecular complexity index is 214. The maximum atomic E-state index is 11.5. The molecule has 0 bridgehead atoms. The number of rotatable bonds is 8. The van der Waals surface area contributed by atoms with Gasteiger partial charge in [-0.05, 0) is 33.1 Å². The maximum Gasteiger partial charge on any atom is 0.223 e. The quantitative estimate of drug-likeness (QED) is 0.508. The summed E-state index contributed by atoms with van der Waals surface area (Å²) < 4.78 is 0. The van der Waals surface area contributed by atoms with Gasteiger partial charge >= 0.3 is 0 Å². The zero-order chi connectivity index (χ0) is 12.6. The number of carbonyl (C=O) groups is 1. The van der Waals surface area contributed by atoms with Crippen LogP contribution in [0.4, 0.5) is 0 Å². The third-order valence-corrected chi connectivity index (χ3v) is 2.59. The molecular formula is C13H26N2O. The maximum absolute atomic E-state index is 11.5. The molecule has 2 unspecified atom stereocenters. The predicted molar refractivity (Wildman–Crippen MR) is 69.4 cm³/mol. The van der Waals surface area contributed by atoms with Crippen LogP contribution in [0.5, 0.6) is 0 Å². The van der Waals surface area contributed by atoms with Crippen LogP contribution in [0.3, 0.4) is 0 Å². The summed E-state index contributed by atoms with van der Waals surface area (Å²) in [6.45, 7) is 7.93. The van der Waals surface area contributed by atoms with Gasteiger partial charge in [0.25, 0.3) is 0 Å². The van der Waals surface area contributed by atoms with Crippen LogP contribution >= 0.6 is 0 Å². The van der Waals surface area contributed by atoms with Crippen LogP contribution in [0.25, 0.3) is 0 Å². The van der Waals surface area contributed by atoms with Gasteiger partial charge in [0.2, 0.25) is 5.91 Å². The summed E-state index contributed by atoms with van der Waals surface area (Å²) in [7, 11) is 3.59. The standard InChI is InChI=1S/C13H26N2O/c1-6-7-8-9-11(2)14-12(3)10-13(16)15(4)5/h6,11-12,14H,1,7-10H2,2-5H3. The molecule has 3 heteroatoms. The first-order valence-corrected chi connectivity index (χ1v) is 6.04. The molecular weight excluding hydrogens is 200 g/mol. The number of allylic oxidation sites excluding steroid dienone is 1. The van der Waals surface area contributed by atoms with Crippen molar-refractivity contribution < 1.29 is 4.79 Å². The summed E-state index contributed by atoms with van der Waals surface area (Å²) >= 11 is 0. The van der Waals surface area contributed by atoms with Gasteiger partial charge < -0.3 is 10.2 Å². The molecule has 0 spiro atoms. The Kier molecular flexibility index (Phi) is 7.90. The lowest BCUT2D eigenvalue weighted by Crippen LogP contribution is -2.38. The molecule has 1 N–H and O–H groups in total. The zero-order valence-corrected chi connectivity index (χ0v) is 11.1. The Morgan fingerprint density at radius 2 is 2.00 bits per heavy atom. The van der Waals surface area contributed by atoms with Gasteiger partial charge in [-0.15, -0.1) is 6.58 Å². The third kappa shape index (κ3) is 7.46. The highest BCUT2D eigenvalue weighted by atomic mass is 16.2. The molecule has 0 saturated carbocycles. The SMILES string of the molecule is C=CCCCC(C)NC(C)CC(=O)N(C)C. The lowest BCUT2D eigenvalue weighted by molar-refractivity contribution is -0.129. The lowest BCUT2D eigenvalue weighted by atomic mass is 10.1. The first-order valence-electron chi connectivity index (χ1n) is 6.04. The van der Waals surface area contributed by atoms with Gasteiger partial charge in [-0.3, -0.25) is 4.79 Å². The summed E-state index contributed by atoms with van der Waals surface area (Å²) in [6, 6.07) is 0.707. The molecule has 0 aliphatic heterocycles. The van der Waals surface area contributed by atoms with E-state index < -0.39 is 0 Å². The second-order valence-electron chi connectivity index (χ2n) is 4.68. The fourth-order valence-electron chi connectivity index (χ4n) is 1.64. The number of carbonyl (C=O) groups excluding carboxylic acids is 1. The molecule has 1 amide bonds. The van der Waals surface area contributed by atoms with Crippen molar-refractivity contribution >= 4 is 5.91 Å². The molecule has 3 nitrogen and oxygen atoms in total. The molecule has 0 fully saturated rings. The van der Waals surface area contributed by atoms with Crippen LogP contribution in [-0.2, 0) is 4.79 Å². The molecule has 0 saturated heterocycles. The molecule has 0 aromatic heterocycles. The van der Waals surface area contributed by atoms with Gasteiger partial charge in [-0.2, -0.15) is 0 Å². The number of hydrogen-bond donors (Lipinski definition) is 1. The van der Waals surface area contributed by atoms with Crippen molar-refractivity contribution in [1.82, 2.24) is 10.2 Å². The van der Waals surface area contributed by atoms with E-state index in [9.17, 15) is 4.79 Å². The van der Waals surface area contributed by atoms with Crippen LogP contribution in [0.2, 0.25) is 0 Å². The Morgan fingerprint density at radius 3 is 2.50 bits per heavy atom. The van der Waals surface area contributed by atoms with Gasteiger partial charge in [0.15, 0.2) is 0 Å². The van der Waals surface area contributed by atoms with Gasteiger partial charge in [-0.1, -0.05) is 6.08 Å². The van der Waals surface area contributed by atoms with Crippen LogP contribution in [0.1, 0.15) is 39.5 Å². The van der Waals surface area contributed by atoms with E-state index in [4.69, 9.17) is 0 Å². The average molecular weight is 226 g/mol. The zero-order valence-electron chi connectivity index (χ0n) is 11.1. The molecule has 0 aliphatic rings. The highest BCUT2D eigenvalue weighted by molar-refractivity contribution is 5.76. The molecule has 0 radical (unpaired) electrons. The first-order chi connectivity index (χ1) is 7.47. The lowest BCUT2D eigenvalue weighted by Gasteiger charge is -2.21. The molecule has 0 aliphatic carbocycles. The Labute approximate surface area is 99.9 Å². The van der Waals surface area contributed by atoms with Crippen molar-refractivity contribution in [2.75, 3.05) is 14.1 Å². The normalized spacial score (nSPS) is 14.2. The fourth-order valence-corrected chi connectivity index (χ4v) is 1.64. The van der Waals surface area contributed by atoms with Gasteiger partial charge in [0, 0.05) is 32.6 Å². The molecule has 0 aromatic rings. The number of amides is 1. The van der Waals surface area contributed by atoms with E-state index in [2.05, 4.69) is 25.7 Å². The topological polar surface area (TPSA) is 32.3 Å². The van der Waals surface area contributed by atoms with Crippen LogP contribution in [0, 0.1) is 0 Å². The van der Waals surface area contributed by atoms with Crippen molar-refractivity contribution in [2.24, 2.45) is 0 Å². The molecule has 16 heavy (non-hydrogen) atoms. The second kappa shape index (κ2) is 8.34. The minimum Gasteiger partial charge on any atom is -0.349 e. The summed E-state index contributed by atoms with van der Waals surface area (Å²) in [5, 5.41) is 3.44. The van der Waals surface area contributed by atoms with E-state index in [0.29, 0.717) is 12.5 Å². The van der Waals surface area contributed by atoms with E-state index in [-0.39, 0.29) is 11.9 Å². The van der Waals surface area contributed by atoms with Crippen LogP contribution in [-0.4, -0.2) is 37.0 Å². The highest BCUT2D eigenvalue weighted by Gasteiger charge is 2.12. The van der Waals surface area contributed by atoms with Gasteiger partial charge in [-0.25, -0.2) is 0 Å². The molecule has 0 aromatic carbocycles. The summed E-state index contributed by atoms with van der Waals surface area (Å²) in [5.41, 5.74) is 0. The van der Waals surface area contributed by atoms with E-state index in [1.54, 1.807) is 19.0 Å². The monoisotopic (exact) mass is 226 g/mol. The Morgan fingerprint density at radius 1 is 1.38 bits per heavy atom. The number of nitrogens with zero attached hydrogens (tertiary/aromatic N) is 1. The predicted octanol–water partition coefficient (Wildman–Crippen LogP) is 2.19. The van der Waals surface area contributed by atoms with Gasteiger partial charge in [0.1, 0.15) is 0 Å². The fraction of sp³-hybridized carbons (Fsp3) is 0.769. The Balaban J connectivity index is 3.72.